The Morgan fingerprint density at radius 2 is 1.74 bits per heavy atom. The van der Waals surface area contributed by atoms with Gasteiger partial charge in [-0.2, -0.15) is 0 Å². The lowest BCUT2D eigenvalue weighted by Crippen LogP contribution is -2.37. The normalized spacial score (nSPS) is 23.6. The Balaban J connectivity index is 1.65. The molecule has 0 bridgehead atoms. The topological polar surface area (TPSA) is 12.0 Å². The fourth-order valence-corrected chi connectivity index (χ4v) is 3.54. The van der Waals surface area contributed by atoms with Crippen LogP contribution in [0.4, 0.5) is 0 Å². The first-order chi connectivity index (χ1) is 9.35. The second kappa shape index (κ2) is 4.21. The number of rotatable bonds is 2. The van der Waals surface area contributed by atoms with Crippen molar-refractivity contribution >= 4 is 0 Å². The molecule has 19 heavy (non-hydrogen) atoms. The second-order valence-electron chi connectivity index (χ2n) is 5.90. The maximum atomic E-state index is 3.37. The molecule has 1 N–H and O–H groups in total. The smallest absolute Gasteiger partial charge is 0.00757 e. The van der Waals surface area contributed by atoms with Crippen LogP contribution in [0.5, 0.6) is 0 Å². The first kappa shape index (κ1) is 11.2. The van der Waals surface area contributed by atoms with E-state index in [2.05, 4.69) is 54.8 Å². The molecule has 1 heteroatoms. The van der Waals surface area contributed by atoms with Gasteiger partial charge in [0, 0.05) is 6.04 Å². The van der Waals surface area contributed by atoms with Crippen molar-refractivity contribution in [2.75, 3.05) is 7.05 Å². The first-order valence-corrected chi connectivity index (χ1v) is 7.23. The number of hydrogen-bond donors (Lipinski definition) is 1. The van der Waals surface area contributed by atoms with Gasteiger partial charge in [-0.05, 0) is 60.0 Å². The molecule has 0 unspecified atom stereocenters. The van der Waals surface area contributed by atoms with Crippen LogP contribution in [-0.4, -0.2) is 13.1 Å². The van der Waals surface area contributed by atoms with Crippen molar-refractivity contribution in [2.24, 2.45) is 0 Å². The SMILES string of the molecule is CNC1CC(c2ccc3c(c2)Cc2ccccc2-3)C1. The van der Waals surface area contributed by atoms with Crippen LogP contribution in [0.15, 0.2) is 42.5 Å². The molecule has 0 heterocycles. The van der Waals surface area contributed by atoms with Crippen molar-refractivity contribution < 1.29 is 0 Å². The van der Waals surface area contributed by atoms with Crippen LogP contribution in [0, 0.1) is 0 Å². The molecule has 0 aromatic heterocycles. The standard InChI is InChI=1S/C18H19N/c1-19-16-10-14(11-16)12-6-7-18-15(8-12)9-13-4-2-3-5-17(13)18/h2-8,14,16,19H,9-11H2,1H3. The Morgan fingerprint density at radius 3 is 2.58 bits per heavy atom. The summed E-state index contributed by atoms with van der Waals surface area (Å²) < 4.78 is 0. The summed E-state index contributed by atoms with van der Waals surface area (Å²) in [7, 11) is 2.07. The zero-order valence-corrected chi connectivity index (χ0v) is 11.3. The first-order valence-electron chi connectivity index (χ1n) is 7.23. The lowest BCUT2D eigenvalue weighted by atomic mass is 9.75. The van der Waals surface area contributed by atoms with Crippen LogP contribution in [0.1, 0.15) is 35.4 Å². The maximum absolute atomic E-state index is 3.37. The largest absolute Gasteiger partial charge is 0.317 e. The molecule has 1 saturated carbocycles. The quantitative estimate of drug-likeness (QED) is 0.730. The highest BCUT2D eigenvalue weighted by molar-refractivity contribution is 5.77. The van der Waals surface area contributed by atoms with Crippen molar-refractivity contribution in [1.29, 1.82) is 0 Å². The third-order valence-corrected chi connectivity index (χ3v) is 4.84. The van der Waals surface area contributed by atoms with E-state index in [1.54, 1.807) is 0 Å². The molecule has 2 aliphatic rings. The van der Waals surface area contributed by atoms with E-state index in [0.29, 0.717) is 0 Å². The van der Waals surface area contributed by atoms with Crippen molar-refractivity contribution in [3.8, 4) is 11.1 Å². The molecule has 0 radical (unpaired) electrons. The minimum absolute atomic E-state index is 0.732. The van der Waals surface area contributed by atoms with Crippen LogP contribution in [0.3, 0.4) is 0 Å². The third kappa shape index (κ3) is 1.73. The lowest BCUT2D eigenvalue weighted by molar-refractivity contribution is 0.307. The molecule has 2 aromatic carbocycles. The van der Waals surface area contributed by atoms with Crippen molar-refractivity contribution in [2.45, 2.75) is 31.2 Å². The number of hydrogen-bond acceptors (Lipinski definition) is 1. The van der Waals surface area contributed by atoms with E-state index in [9.17, 15) is 0 Å². The summed E-state index contributed by atoms with van der Waals surface area (Å²) in [6, 6.07) is 16.7. The van der Waals surface area contributed by atoms with Gasteiger partial charge in [0.15, 0.2) is 0 Å². The minimum atomic E-state index is 0.732. The highest BCUT2D eigenvalue weighted by atomic mass is 14.9. The molecule has 96 valence electrons. The molecule has 2 aliphatic carbocycles. The predicted octanol–water partition coefficient (Wildman–Crippen LogP) is 3.72. The fourth-order valence-electron chi connectivity index (χ4n) is 3.54. The van der Waals surface area contributed by atoms with Gasteiger partial charge in [-0.15, -0.1) is 0 Å². The molecule has 0 saturated heterocycles. The highest BCUT2D eigenvalue weighted by Crippen LogP contribution is 2.41. The highest BCUT2D eigenvalue weighted by Gasteiger charge is 2.30. The summed E-state index contributed by atoms with van der Waals surface area (Å²) in [6.45, 7) is 0. The molecule has 4 rings (SSSR count). The zero-order chi connectivity index (χ0) is 12.8. The Labute approximate surface area is 114 Å². The van der Waals surface area contributed by atoms with Crippen molar-refractivity contribution in [3.05, 3.63) is 59.2 Å². The van der Waals surface area contributed by atoms with Gasteiger partial charge in [-0.1, -0.05) is 42.5 Å². The molecule has 2 aromatic rings. The van der Waals surface area contributed by atoms with E-state index in [-0.39, 0.29) is 0 Å². The maximum Gasteiger partial charge on any atom is 0.00757 e. The second-order valence-corrected chi connectivity index (χ2v) is 5.90. The molecule has 0 amide bonds. The number of benzene rings is 2. The van der Waals surface area contributed by atoms with Gasteiger partial charge < -0.3 is 5.32 Å². The molecular weight excluding hydrogens is 230 g/mol. The number of nitrogens with one attached hydrogen (secondary N) is 1. The average Bonchev–Trinajstić information content (AvgIpc) is 2.75. The van der Waals surface area contributed by atoms with E-state index < -0.39 is 0 Å². The zero-order valence-electron chi connectivity index (χ0n) is 11.3. The molecule has 1 nitrogen and oxygen atoms in total. The Hall–Kier alpha value is -1.60. The summed E-state index contributed by atoms with van der Waals surface area (Å²) in [5, 5.41) is 3.37. The van der Waals surface area contributed by atoms with E-state index in [4.69, 9.17) is 0 Å². The van der Waals surface area contributed by atoms with Gasteiger partial charge in [0.1, 0.15) is 0 Å². The molecule has 1 fully saturated rings. The molecule has 0 aliphatic heterocycles. The van der Waals surface area contributed by atoms with Crippen LogP contribution in [-0.2, 0) is 6.42 Å². The Morgan fingerprint density at radius 1 is 0.947 bits per heavy atom. The monoisotopic (exact) mass is 249 g/mol. The predicted molar refractivity (Wildman–Crippen MR) is 79.5 cm³/mol. The summed E-state index contributed by atoms with van der Waals surface area (Å²) in [4.78, 5) is 0. The van der Waals surface area contributed by atoms with E-state index in [1.165, 1.54) is 40.7 Å². The third-order valence-electron chi connectivity index (χ3n) is 4.84. The summed E-state index contributed by atoms with van der Waals surface area (Å²) in [6.07, 6.45) is 3.70. The average molecular weight is 249 g/mol. The molecule has 0 atom stereocenters. The van der Waals surface area contributed by atoms with Gasteiger partial charge in [-0.25, -0.2) is 0 Å². The van der Waals surface area contributed by atoms with E-state index in [0.717, 1.165) is 18.4 Å². The fraction of sp³-hybridized carbons (Fsp3) is 0.333. The van der Waals surface area contributed by atoms with Gasteiger partial charge >= 0.3 is 0 Å². The van der Waals surface area contributed by atoms with Crippen LogP contribution in [0.2, 0.25) is 0 Å². The van der Waals surface area contributed by atoms with Crippen LogP contribution >= 0.6 is 0 Å². The lowest BCUT2D eigenvalue weighted by Gasteiger charge is -2.35. The van der Waals surface area contributed by atoms with E-state index >= 15 is 0 Å². The number of fused-ring (bicyclic) bond motifs is 3. The summed E-state index contributed by atoms with van der Waals surface area (Å²) >= 11 is 0. The Bertz CT molecular complexity index is 623. The van der Waals surface area contributed by atoms with E-state index in [1.807, 2.05) is 0 Å². The summed E-state index contributed by atoms with van der Waals surface area (Å²) in [5.41, 5.74) is 7.43. The Kier molecular flexibility index (Phi) is 2.49. The van der Waals surface area contributed by atoms with Gasteiger partial charge in [-0.3, -0.25) is 0 Å². The van der Waals surface area contributed by atoms with Crippen molar-refractivity contribution in [3.63, 3.8) is 0 Å². The molecular formula is C18H19N. The van der Waals surface area contributed by atoms with Crippen molar-refractivity contribution in [1.82, 2.24) is 5.32 Å². The summed E-state index contributed by atoms with van der Waals surface area (Å²) in [5.74, 6) is 0.770. The van der Waals surface area contributed by atoms with Gasteiger partial charge in [0.25, 0.3) is 0 Å². The molecule has 0 spiro atoms. The minimum Gasteiger partial charge on any atom is -0.317 e. The van der Waals surface area contributed by atoms with Gasteiger partial charge in [0.2, 0.25) is 0 Å². The van der Waals surface area contributed by atoms with Crippen LogP contribution in [0.25, 0.3) is 11.1 Å². The van der Waals surface area contributed by atoms with Gasteiger partial charge in [0.05, 0.1) is 0 Å². The van der Waals surface area contributed by atoms with Crippen LogP contribution < -0.4 is 5.32 Å².